The Labute approximate surface area is 108 Å². The molecular weight excluding hydrogens is 232 g/mol. The van der Waals surface area contributed by atoms with Crippen molar-refractivity contribution in [3.63, 3.8) is 0 Å². The molecule has 18 heavy (non-hydrogen) atoms. The van der Waals surface area contributed by atoms with Gasteiger partial charge in [0.2, 0.25) is 0 Å². The Balaban J connectivity index is 2.01. The molecule has 2 fully saturated rings. The lowest BCUT2D eigenvalue weighted by atomic mass is 9.76. The zero-order chi connectivity index (χ0) is 13.6. The monoisotopic (exact) mass is 254 g/mol. The molecule has 1 saturated heterocycles. The van der Waals surface area contributed by atoms with Crippen LogP contribution in [0.2, 0.25) is 0 Å². The highest BCUT2D eigenvalue weighted by atomic mass is 16.6. The third kappa shape index (κ3) is 2.13. The molecule has 1 heterocycles. The van der Waals surface area contributed by atoms with Gasteiger partial charge in [0.15, 0.2) is 0 Å². The van der Waals surface area contributed by atoms with Crippen LogP contribution in [0.3, 0.4) is 0 Å². The van der Waals surface area contributed by atoms with Crippen molar-refractivity contribution >= 4 is 11.9 Å². The van der Waals surface area contributed by atoms with Gasteiger partial charge < -0.3 is 9.47 Å². The van der Waals surface area contributed by atoms with E-state index >= 15 is 0 Å². The molecule has 1 aliphatic carbocycles. The van der Waals surface area contributed by atoms with E-state index in [1.807, 2.05) is 27.7 Å². The number of carbonyl (C=O) groups excluding carboxylic acids is 2. The van der Waals surface area contributed by atoms with Crippen LogP contribution in [0.15, 0.2) is 0 Å². The molecule has 0 aromatic heterocycles. The normalized spacial score (nSPS) is 35.2. The summed E-state index contributed by atoms with van der Waals surface area (Å²) in [6.45, 7) is 7.66. The third-order valence-electron chi connectivity index (χ3n) is 4.49. The zero-order valence-corrected chi connectivity index (χ0v) is 11.6. The highest BCUT2D eigenvalue weighted by Gasteiger charge is 2.53. The number of esters is 2. The molecular formula is C14H22O4. The van der Waals surface area contributed by atoms with E-state index in [2.05, 4.69) is 0 Å². The first-order chi connectivity index (χ1) is 8.28. The molecule has 2 rings (SSSR count). The summed E-state index contributed by atoms with van der Waals surface area (Å²) < 4.78 is 10.9. The molecule has 0 spiro atoms. The summed E-state index contributed by atoms with van der Waals surface area (Å²) in [7, 11) is 0. The maximum Gasteiger partial charge on any atom is 0.312 e. The minimum Gasteiger partial charge on any atom is -0.458 e. The van der Waals surface area contributed by atoms with Crippen molar-refractivity contribution in [3.05, 3.63) is 0 Å². The first-order valence-corrected chi connectivity index (χ1v) is 6.71. The zero-order valence-electron chi connectivity index (χ0n) is 11.6. The van der Waals surface area contributed by atoms with Crippen LogP contribution in [0.25, 0.3) is 0 Å². The molecule has 3 atom stereocenters. The summed E-state index contributed by atoms with van der Waals surface area (Å²) in [5, 5.41) is 0. The fraction of sp³-hybridized carbons (Fsp3) is 0.857. The summed E-state index contributed by atoms with van der Waals surface area (Å²) >= 11 is 0. The summed E-state index contributed by atoms with van der Waals surface area (Å²) in [5.74, 6) is -0.331. The van der Waals surface area contributed by atoms with Crippen LogP contribution in [0.5, 0.6) is 0 Å². The minimum absolute atomic E-state index is 0.138. The van der Waals surface area contributed by atoms with E-state index in [-0.39, 0.29) is 29.6 Å². The average Bonchev–Trinajstić information content (AvgIpc) is 2.55. The predicted octanol–water partition coefficient (Wildman–Crippen LogP) is 2.45. The van der Waals surface area contributed by atoms with Gasteiger partial charge in [0, 0.05) is 6.42 Å². The Hall–Kier alpha value is -1.06. The van der Waals surface area contributed by atoms with E-state index in [1.165, 1.54) is 0 Å². The molecule has 102 valence electrons. The molecule has 0 N–H and O–H groups in total. The van der Waals surface area contributed by atoms with Crippen LogP contribution in [-0.4, -0.2) is 24.1 Å². The lowest BCUT2D eigenvalue weighted by molar-refractivity contribution is -0.169. The highest BCUT2D eigenvalue weighted by Crippen LogP contribution is 2.45. The van der Waals surface area contributed by atoms with E-state index in [1.54, 1.807) is 0 Å². The van der Waals surface area contributed by atoms with Crippen molar-refractivity contribution in [1.29, 1.82) is 0 Å². The fourth-order valence-corrected chi connectivity index (χ4v) is 2.48. The molecule has 1 saturated carbocycles. The number of ether oxygens (including phenoxy) is 2. The van der Waals surface area contributed by atoms with E-state index in [9.17, 15) is 9.59 Å². The molecule has 0 aromatic carbocycles. The summed E-state index contributed by atoms with van der Waals surface area (Å²) in [6.07, 6.45) is 2.37. The average molecular weight is 254 g/mol. The molecule has 4 heteroatoms. The van der Waals surface area contributed by atoms with Crippen molar-refractivity contribution in [2.45, 2.75) is 65.6 Å². The molecule has 1 aliphatic heterocycles. The van der Waals surface area contributed by atoms with Gasteiger partial charge >= 0.3 is 11.9 Å². The van der Waals surface area contributed by atoms with E-state index in [0.717, 1.165) is 19.3 Å². The Bertz CT molecular complexity index is 374. The van der Waals surface area contributed by atoms with E-state index < -0.39 is 5.41 Å². The van der Waals surface area contributed by atoms with Gasteiger partial charge in [0.05, 0.1) is 10.8 Å². The molecule has 4 nitrogen and oxygen atoms in total. The quantitative estimate of drug-likeness (QED) is 0.726. The second-order valence-electron chi connectivity index (χ2n) is 6.43. The van der Waals surface area contributed by atoms with E-state index in [4.69, 9.17) is 9.47 Å². The van der Waals surface area contributed by atoms with Crippen molar-refractivity contribution in [2.24, 2.45) is 10.8 Å². The second kappa shape index (κ2) is 4.25. The van der Waals surface area contributed by atoms with Gasteiger partial charge in [-0.3, -0.25) is 9.59 Å². The van der Waals surface area contributed by atoms with Gasteiger partial charge in [-0.15, -0.1) is 0 Å². The highest BCUT2D eigenvalue weighted by molar-refractivity contribution is 5.79. The summed E-state index contributed by atoms with van der Waals surface area (Å²) in [5.41, 5.74) is -0.822. The van der Waals surface area contributed by atoms with E-state index in [0.29, 0.717) is 6.42 Å². The molecule has 2 aliphatic rings. The van der Waals surface area contributed by atoms with Crippen molar-refractivity contribution < 1.29 is 19.1 Å². The van der Waals surface area contributed by atoms with Crippen LogP contribution >= 0.6 is 0 Å². The maximum absolute atomic E-state index is 12.0. The van der Waals surface area contributed by atoms with Gasteiger partial charge in [-0.1, -0.05) is 6.92 Å². The number of fused-ring (bicyclic) bond motifs is 2. The number of carbonyl (C=O) groups is 2. The minimum atomic E-state index is -0.469. The van der Waals surface area contributed by atoms with Crippen LogP contribution < -0.4 is 0 Å². The number of hydrogen-bond donors (Lipinski definition) is 0. The summed E-state index contributed by atoms with van der Waals surface area (Å²) in [6, 6.07) is 0. The van der Waals surface area contributed by atoms with Gasteiger partial charge in [0.25, 0.3) is 0 Å². The third-order valence-corrected chi connectivity index (χ3v) is 4.49. The smallest absolute Gasteiger partial charge is 0.312 e. The van der Waals surface area contributed by atoms with Gasteiger partial charge in [0.1, 0.15) is 12.2 Å². The number of hydrogen-bond acceptors (Lipinski definition) is 4. The SMILES string of the molecule is CCC(C)(C)C(=O)OC1CCC2(C)CC1OC2=O. The van der Waals surface area contributed by atoms with Crippen molar-refractivity contribution in [3.8, 4) is 0 Å². The topological polar surface area (TPSA) is 52.6 Å². The van der Waals surface area contributed by atoms with Crippen LogP contribution in [0, 0.1) is 10.8 Å². The molecule has 0 amide bonds. The molecule has 3 unspecified atom stereocenters. The largest absolute Gasteiger partial charge is 0.458 e. The Morgan fingerprint density at radius 3 is 2.83 bits per heavy atom. The van der Waals surface area contributed by atoms with Crippen LogP contribution in [-0.2, 0) is 19.1 Å². The predicted molar refractivity (Wildman–Crippen MR) is 65.8 cm³/mol. The van der Waals surface area contributed by atoms with Gasteiger partial charge in [-0.05, 0) is 40.0 Å². The standard InChI is InChI=1S/C14H22O4/c1-5-13(2,3)11(15)17-9-6-7-14(4)8-10(9)18-12(14)16/h9-10H,5-8H2,1-4H3. The molecule has 0 radical (unpaired) electrons. The van der Waals surface area contributed by atoms with Gasteiger partial charge in [-0.2, -0.15) is 0 Å². The first kappa shape index (κ1) is 13.4. The maximum atomic E-state index is 12.0. The Morgan fingerprint density at radius 2 is 2.22 bits per heavy atom. The second-order valence-corrected chi connectivity index (χ2v) is 6.43. The van der Waals surface area contributed by atoms with Gasteiger partial charge in [-0.25, -0.2) is 0 Å². The Kier molecular flexibility index (Phi) is 3.16. The lowest BCUT2D eigenvalue weighted by Crippen LogP contribution is -2.39. The van der Waals surface area contributed by atoms with Crippen LogP contribution in [0.4, 0.5) is 0 Å². The van der Waals surface area contributed by atoms with Crippen LogP contribution in [0.1, 0.15) is 53.4 Å². The number of rotatable bonds is 3. The fourth-order valence-electron chi connectivity index (χ4n) is 2.48. The molecule has 2 bridgehead atoms. The Morgan fingerprint density at radius 1 is 1.56 bits per heavy atom. The lowest BCUT2D eigenvalue weighted by Gasteiger charge is -2.32. The first-order valence-electron chi connectivity index (χ1n) is 6.71. The summed E-state index contributed by atoms with van der Waals surface area (Å²) in [4.78, 5) is 23.7. The van der Waals surface area contributed by atoms with Crippen molar-refractivity contribution in [1.82, 2.24) is 0 Å². The van der Waals surface area contributed by atoms with Crippen molar-refractivity contribution in [2.75, 3.05) is 0 Å². The molecule has 0 aromatic rings.